The van der Waals surface area contributed by atoms with Crippen LogP contribution in [0.4, 0.5) is 10.0 Å². The van der Waals surface area contributed by atoms with Crippen molar-refractivity contribution in [3.8, 4) is 29.3 Å². The van der Waals surface area contributed by atoms with Gasteiger partial charge in [-0.2, -0.15) is 0 Å². The Morgan fingerprint density at radius 3 is 0.955 bits per heavy atom. The maximum absolute atomic E-state index is 5.82. The van der Waals surface area contributed by atoms with Crippen LogP contribution in [0.15, 0.2) is 48.5 Å². The average Bonchev–Trinajstić information content (AvgIpc) is 3.24. The Balaban J connectivity index is 1.65. The van der Waals surface area contributed by atoms with Gasteiger partial charge < -0.3 is 11.5 Å². The fraction of sp³-hybridized carbons (Fsp3) is 0. The number of rotatable bonds is 3. The third-order valence-corrected chi connectivity index (χ3v) is 7.78. The van der Waals surface area contributed by atoms with Gasteiger partial charge in [0.2, 0.25) is 0 Å². The molecule has 0 aliphatic heterocycles. The van der Waals surface area contributed by atoms with Crippen molar-refractivity contribution in [3.05, 3.63) is 48.5 Å². The van der Waals surface area contributed by atoms with Gasteiger partial charge in [-0.25, -0.2) is 0 Å². The monoisotopic (exact) mass is 360 g/mol. The van der Waals surface area contributed by atoms with Crippen LogP contribution in [-0.2, 0) is 0 Å². The van der Waals surface area contributed by atoms with Crippen molar-refractivity contribution in [2.24, 2.45) is 0 Å². The van der Waals surface area contributed by atoms with E-state index in [1.165, 1.54) is 29.3 Å². The molecule has 0 aliphatic carbocycles. The third kappa shape index (κ3) is 2.59. The molecule has 0 spiro atoms. The molecule has 22 heavy (non-hydrogen) atoms. The van der Waals surface area contributed by atoms with Crippen LogP contribution in [0.5, 0.6) is 0 Å². The normalized spacial score (nSPS) is 11.1. The third-order valence-electron chi connectivity index (χ3n) is 3.19. The smallest absolute Gasteiger partial charge is 0.0863 e. The fourth-order valence-electron chi connectivity index (χ4n) is 2.18. The summed E-state index contributed by atoms with van der Waals surface area (Å²) in [5.74, 6) is 0. The summed E-state index contributed by atoms with van der Waals surface area (Å²) in [6, 6.07) is 16.8. The van der Waals surface area contributed by atoms with Crippen LogP contribution in [0.3, 0.4) is 0 Å². The zero-order valence-corrected chi connectivity index (χ0v) is 14.7. The molecule has 2 nitrogen and oxygen atoms in total. The van der Waals surface area contributed by atoms with Crippen LogP contribution in [0.1, 0.15) is 0 Å². The number of nitrogens with two attached hydrogens (primary N) is 2. The van der Waals surface area contributed by atoms with Crippen molar-refractivity contribution in [3.63, 3.8) is 0 Å². The van der Waals surface area contributed by atoms with Crippen molar-refractivity contribution in [1.29, 1.82) is 0 Å². The minimum absolute atomic E-state index is 0.860. The van der Waals surface area contributed by atoms with Crippen molar-refractivity contribution in [2.45, 2.75) is 0 Å². The minimum Gasteiger partial charge on any atom is -0.391 e. The van der Waals surface area contributed by atoms with Gasteiger partial charge in [-0.3, -0.25) is 0 Å². The quantitative estimate of drug-likeness (QED) is 0.464. The molecular formula is C16H12N2S4. The number of nitrogen functional groups attached to an aromatic ring is 2. The lowest BCUT2D eigenvalue weighted by Gasteiger charge is -1.91. The summed E-state index contributed by atoms with van der Waals surface area (Å²) < 4.78 is 0. The maximum atomic E-state index is 5.82. The lowest BCUT2D eigenvalue weighted by molar-refractivity contribution is 1.89. The summed E-state index contributed by atoms with van der Waals surface area (Å²) >= 11 is 6.89. The molecule has 0 aromatic carbocycles. The molecule has 4 aromatic heterocycles. The summed E-state index contributed by atoms with van der Waals surface area (Å²) in [4.78, 5) is 7.60. The predicted molar refractivity (Wildman–Crippen MR) is 103 cm³/mol. The first kappa shape index (κ1) is 14.0. The van der Waals surface area contributed by atoms with Crippen molar-refractivity contribution in [2.75, 3.05) is 11.5 Å². The van der Waals surface area contributed by atoms with Gasteiger partial charge in [0.1, 0.15) is 0 Å². The van der Waals surface area contributed by atoms with E-state index in [1.54, 1.807) is 22.7 Å². The minimum atomic E-state index is 0.860. The molecule has 4 heterocycles. The number of thiophene rings is 4. The largest absolute Gasteiger partial charge is 0.391 e. The van der Waals surface area contributed by atoms with E-state index in [4.69, 9.17) is 11.5 Å². The number of hydrogen-bond donors (Lipinski definition) is 2. The molecule has 0 saturated carbocycles. The Labute approximate surface area is 144 Å². The zero-order valence-electron chi connectivity index (χ0n) is 11.4. The molecule has 4 aromatic rings. The molecule has 6 heteroatoms. The molecule has 0 unspecified atom stereocenters. The summed E-state index contributed by atoms with van der Waals surface area (Å²) in [5.41, 5.74) is 11.6. The summed E-state index contributed by atoms with van der Waals surface area (Å²) in [7, 11) is 0. The van der Waals surface area contributed by atoms with Crippen LogP contribution in [-0.4, -0.2) is 0 Å². The second-order valence-electron chi connectivity index (χ2n) is 4.73. The van der Waals surface area contributed by atoms with E-state index in [0.29, 0.717) is 0 Å². The first-order chi connectivity index (χ1) is 10.7. The van der Waals surface area contributed by atoms with Crippen molar-refractivity contribution < 1.29 is 0 Å². The van der Waals surface area contributed by atoms with E-state index in [-0.39, 0.29) is 0 Å². The van der Waals surface area contributed by atoms with E-state index in [9.17, 15) is 0 Å². The SMILES string of the molecule is Nc1ccc(-c2ccc(-c3ccc(-c4ccc(N)s4)s3)s2)s1. The molecule has 0 saturated heterocycles. The highest BCUT2D eigenvalue weighted by atomic mass is 32.1. The van der Waals surface area contributed by atoms with Gasteiger partial charge in [-0.15, -0.1) is 45.3 Å². The zero-order chi connectivity index (χ0) is 15.1. The molecule has 0 amide bonds. The van der Waals surface area contributed by atoms with E-state index in [1.807, 2.05) is 34.8 Å². The van der Waals surface area contributed by atoms with E-state index in [0.717, 1.165) is 10.0 Å². The van der Waals surface area contributed by atoms with E-state index in [2.05, 4.69) is 36.4 Å². The Bertz CT molecular complexity index is 849. The van der Waals surface area contributed by atoms with Gasteiger partial charge >= 0.3 is 0 Å². The second-order valence-corrected chi connectivity index (χ2v) is 9.13. The molecule has 110 valence electrons. The second kappa shape index (κ2) is 5.55. The number of anilines is 2. The van der Waals surface area contributed by atoms with E-state index < -0.39 is 0 Å². The van der Waals surface area contributed by atoms with Gasteiger partial charge in [0.15, 0.2) is 0 Å². The first-order valence-corrected chi connectivity index (χ1v) is 9.87. The maximum Gasteiger partial charge on any atom is 0.0863 e. The summed E-state index contributed by atoms with van der Waals surface area (Å²) in [5, 5.41) is 1.72. The number of hydrogen-bond acceptors (Lipinski definition) is 6. The summed E-state index contributed by atoms with van der Waals surface area (Å²) in [6.45, 7) is 0. The first-order valence-electron chi connectivity index (χ1n) is 6.60. The van der Waals surface area contributed by atoms with Gasteiger partial charge in [0, 0.05) is 29.3 Å². The van der Waals surface area contributed by atoms with Crippen LogP contribution in [0.2, 0.25) is 0 Å². The Hall–Kier alpha value is -1.60. The van der Waals surface area contributed by atoms with Gasteiger partial charge in [-0.1, -0.05) is 0 Å². The molecule has 4 N–H and O–H groups in total. The fourth-order valence-corrected chi connectivity index (χ4v) is 6.01. The Morgan fingerprint density at radius 2 is 0.682 bits per heavy atom. The highest BCUT2D eigenvalue weighted by Gasteiger charge is 2.10. The molecular weight excluding hydrogens is 348 g/mol. The molecule has 0 bridgehead atoms. The van der Waals surface area contributed by atoms with Gasteiger partial charge in [-0.05, 0) is 48.5 Å². The molecule has 0 radical (unpaired) electrons. The van der Waals surface area contributed by atoms with Crippen LogP contribution >= 0.6 is 45.3 Å². The van der Waals surface area contributed by atoms with E-state index >= 15 is 0 Å². The highest BCUT2D eigenvalue weighted by Crippen LogP contribution is 2.43. The molecule has 4 rings (SSSR count). The molecule has 0 atom stereocenters. The average molecular weight is 361 g/mol. The van der Waals surface area contributed by atoms with Crippen LogP contribution in [0.25, 0.3) is 29.3 Å². The van der Waals surface area contributed by atoms with Gasteiger partial charge in [0.25, 0.3) is 0 Å². The van der Waals surface area contributed by atoms with Crippen molar-refractivity contribution in [1.82, 2.24) is 0 Å². The van der Waals surface area contributed by atoms with Crippen LogP contribution in [0, 0.1) is 0 Å². The van der Waals surface area contributed by atoms with Crippen molar-refractivity contribution >= 4 is 55.3 Å². The lowest BCUT2D eigenvalue weighted by Crippen LogP contribution is -1.72. The Morgan fingerprint density at radius 1 is 0.409 bits per heavy atom. The van der Waals surface area contributed by atoms with Crippen LogP contribution < -0.4 is 11.5 Å². The molecule has 0 aliphatic rings. The molecule has 0 fully saturated rings. The Kier molecular flexibility index (Phi) is 3.54. The standard InChI is InChI=1S/C16H12N2S4/c17-15-7-5-13(21-15)11-3-1-9(19-11)10-2-4-12(20-10)14-6-8-16(18)22-14/h1-8H,17-18H2. The highest BCUT2D eigenvalue weighted by molar-refractivity contribution is 7.29. The topological polar surface area (TPSA) is 52.0 Å². The lowest BCUT2D eigenvalue weighted by atomic mass is 10.3. The van der Waals surface area contributed by atoms with Gasteiger partial charge in [0.05, 0.1) is 10.0 Å². The predicted octanol–water partition coefficient (Wildman–Crippen LogP) is 6.10. The summed E-state index contributed by atoms with van der Waals surface area (Å²) in [6.07, 6.45) is 0.